The van der Waals surface area contributed by atoms with Crippen molar-refractivity contribution in [2.24, 2.45) is 16.8 Å². The Bertz CT molecular complexity index is 568. The molecule has 0 spiro atoms. The van der Waals surface area contributed by atoms with Gasteiger partial charge in [-0.3, -0.25) is 9.59 Å². The Morgan fingerprint density at radius 2 is 1.96 bits per heavy atom. The Kier molecular flexibility index (Phi) is 7.53. The largest absolute Gasteiger partial charge is 0.381 e. The summed E-state index contributed by atoms with van der Waals surface area (Å²) in [6.45, 7) is 3.98. The van der Waals surface area contributed by atoms with Gasteiger partial charge in [0.15, 0.2) is 5.96 Å². The second kappa shape index (κ2) is 10.1. The van der Waals surface area contributed by atoms with Gasteiger partial charge < -0.3 is 25.2 Å². The van der Waals surface area contributed by atoms with Crippen molar-refractivity contribution in [3.63, 3.8) is 0 Å². The van der Waals surface area contributed by atoms with E-state index in [-0.39, 0.29) is 24.4 Å². The first-order chi connectivity index (χ1) is 13.5. The minimum atomic E-state index is -0.0326. The number of carbonyl (C=O) groups excluding carboxylic acids is 2. The molecule has 0 aromatic heterocycles. The standard InChI is InChI=1S/C20H35N5O3/c1-24(2)18(26)12-22-20(21-11-15-8-10-28-14-15)23-17-7-9-25(13-17)19(27)16-5-3-4-6-16/h15-17H,3-14H2,1-2H3,(H2,21,22,23). The Morgan fingerprint density at radius 1 is 1.18 bits per heavy atom. The van der Waals surface area contributed by atoms with E-state index in [0.717, 1.165) is 52.0 Å². The lowest BCUT2D eigenvalue weighted by Gasteiger charge is -2.22. The Morgan fingerprint density at radius 3 is 2.64 bits per heavy atom. The molecule has 3 fully saturated rings. The molecule has 8 heteroatoms. The summed E-state index contributed by atoms with van der Waals surface area (Å²) in [6, 6.07) is 0.172. The number of hydrogen-bond donors (Lipinski definition) is 2. The Hall–Kier alpha value is -1.83. The number of carbonyl (C=O) groups is 2. The van der Waals surface area contributed by atoms with Crippen molar-refractivity contribution in [3.05, 3.63) is 0 Å². The van der Waals surface area contributed by atoms with E-state index in [1.54, 1.807) is 19.0 Å². The van der Waals surface area contributed by atoms with Gasteiger partial charge in [0.25, 0.3) is 0 Å². The van der Waals surface area contributed by atoms with Gasteiger partial charge in [-0.05, 0) is 25.7 Å². The van der Waals surface area contributed by atoms with Crippen molar-refractivity contribution in [3.8, 4) is 0 Å². The maximum atomic E-state index is 12.7. The van der Waals surface area contributed by atoms with Gasteiger partial charge in [-0.15, -0.1) is 0 Å². The van der Waals surface area contributed by atoms with Crippen LogP contribution in [0.5, 0.6) is 0 Å². The quantitative estimate of drug-likeness (QED) is 0.505. The molecule has 2 atom stereocenters. The van der Waals surface area contributed by atoms with Crippen LogP contribution in [0.1, 0.15) is 38.5 Å². The van der Waals surface area contributed by atoms with Crippen LogP contribution < -0.4 is 10.6 Å². The lowest BCUT2D eigenvalue weighted by Crippen LogP contribution is -2.47. The van der Waals surface area contributed by atoms with Crippen molar-refractivity contribution in [1.82, 2.24) is 20.4 Å². The van der Waals surface area contributed by atoms with E-state index in [0.29, 0.717) is 24.3 Å². The van der Waals surface area contributed by atoms with Crippen molar-refractivity contribution in [1.29, 1.82) is 0 Å². The molecule has 0 radical (unpaired) electrons. The molecule has 28 heavy (non-hydrogen) atoms. The monoisotopic (exact) mass is 393 g/mol. The molecule has 2 unspecified atom stereocenters. The van der Waals surface area contributed by atoms with E-state index in [4.69, 9.17) is 4.74 Å². The van der Waals surface area contributed by atoms with Crippen molar-refractivity contribution < 1.29 is 14.3 Å². The first kappa shape index (κ1) is 20.9. The number of guanidine groups is 1. The molecule has 2 saturated heterocycles. The molecule has 1 aliphatic carbocycles. The minimum absolute atomic E-state index is 0.0326. The molecule has 3 rings (SSSR count). The third-order valence-electron chi connectivity index (χ3n) is 6.00. The predicted molar refractivity (Wildman–Crippen MR) is 108 cm³/mol. The van der Waals surface area contributed by atoms with E-state index < -0.39 is 0 Å². The first-order valence-corrected chi connectivity index (χ1v) is 10.6. The van der Waals surface area contributed by atoms with E-state index in [2.05, 4.69) is 15.6 Å². The molecular weight excluding hydrogens is 358 g/mol. The van der Waals surface area contributed by atoms with Crippen LogP contribution in [0, 0.1) is 11.8 Å². The fourth-order valence-corrected chi connectivity index (χ4v) is 4.13. The number of likely N-dealkylation sites (N-methyl/N-ethyl adjacent to an activating group) is 1. The number of amides is 2. The lowest BCUT2D eigenvalue weighted by atomic mass is 10.1. The lowest BCUT2D eigenvalue weighted by molar-refractivity contribution is -0.134. The maximum absolute atomic E-state index is 12.7. The molecule has 2 N–H and O–H groups in total. The van der Waals surface area contributed by atoms with Crippen LogP contribution in [0.2, 0.25) is 0 Å². The van der Waals surface area contributed by atoms with Crippen LogP contribution in [-0.4, -0.2) is 87.1 Å². The predicted octanol–water partition coefficient (Wildman–Crippen LogP) is 0.437. The van der Waals surface area contributed by atoms with Gasteiger partial charge in [0, 0.05) is 58.2 Å². The summed E-state index contributed by atoms with van der Waals surface area (Å²) in [6.07, 6.45) is 6.39. The number of likely N-dealkylation sites (tertiary alicyclic amines) is 1. The van der Waals surface area contributed by atoms with Crippen LogP contribution in [0.25, 0.3) is 0 Å². The molecule has 0 aromatic rings. The van der Waals surface area contributed by atoms with Gasteiger partial charge in [0.2, 0.25) is 11.8 Å². The van der Waals surface area contributed by atoms with E-state index in [1.807, 2.05) is 4.90 Å². The number of nitrogens with zero attached hydrogens (tertiary/aromatic N) is 3. The van der Waals surface area contributed by atoms with Crippen molar-refractivity contribution in [2.45, 2.75) is 44.6 Å². The van der Waals surface area contributed by atoms with Gasteiger partial charge in [-0.25, -0.2) is 4.99 Å². The highest BCUT2D eigenvalue weighted by molar-refractivity contribution is 5.85. The van der Waals surface area contributed by atoms with E-state index in [1.165, 1.54) is 12.8 Å². The number of nitrogens with one attached hydrogen (secondary N) is 2. The highest BCUT2D eigenvalue weighted by Gasteiger charge is 2.32. The normalized spacial score (nSPS) is 25.9. The van der Waals surface area contributed by atoms with Crippen LogP contribution in [-0.2, 0) is 14.3 Å². The summed E-state index contributed by atoms with van der Waals surface area (Å²) in [7, 11) is 3.47. The topological polar surface area (TPSA) is 86.3 Å². The van der Waals surface area contributed by atoms with E-state index in [9.17, 15) is 9.59 Å². The molecular formula is C20H35N5O3. The summed E-state index contributed by atoms with van der Waals surface area (Å²) in [5, 5.41) is 6.81. The zero-order valence-electron chi connectivity index (χ0n) is 17.3. The average molecular weight is 394 g/mol. The molecule has 2 amide bonds. The minimum Gasteiger partial charge on any atom is -0.381 e. The number of aliphatic imine (C=N–C) groups is 1. The second-order valence-corrected chi connectivity index (χ2v) is 8.46. The van der Waals surface area contributed by atoms with Crippen LogP contribution in [0.3, 0.4) is 0 Å². The van der Waals surface area contributed by atoms with Gasteiger partial charge in [0.1, 0.15) is 6.54 Å². The van der Waals surface area contributed by atoms with Gasteiger partial charge >= 0.3 is 0 Å². The fourth-order valence-electron chi connectivity index (χ4n) is 4.13. The van der Waals surface area contributed by atoms with Crippen LogP contribution in [0.4, 0.5) is 0 Å². The van der Waals surface area contributed by atoms with Gasteiger partial charge in [0.05, 0.1) is 6.61 Å². The van der Waals surface area contributed by atoms with E-state index >= 15 is 0 Å². The first-order valence-electron chi connectivity index (χ1n) is 10.6. The molecule has 2 aliphatic heterocycles. The summed E-state index contributed by atoms with van der Waals surface area (Å²) >= 11 is 0. The highest BCUT2D eigenvalue weighted by Crippen LogP contribution is 2.27. The van der Waals surface area contributed by atoms with Crippen molar-refractivity contribution >= 4 is 17.8 Å². The molecule has 158 valence electrons. The third-order valence-corrected chi connectivity index (χ3v) is 6.00. The summed E-state index contributed by atoms with van der Waals surface area (Å²) in [5.74, 6) is 1.64. The molecule has 3 aliphatic rings. The second-order valence-electron chi connectivity index (χ2n) is 8.46. The van der Waals surface area contributed by atoms with Gasteiger partial charge in [-0.1, -0.05) is 12.8 Å². The Balaban J connectivity index is 1.52. The molecule has 8 nitrogen and oxygen atoms in total. The zero-order valence-corrected chi connectivity index (χ0v) is 17.3. The van der Waals surface area contributed by atoms with Crippen LogP contribution in [0.15, 0.2) is 4.99 Å². The molecule has 1 saturated carbocycles. The molecule has 0 bridgehead atoms. The van der Waals surface area contributed by atoms with Gasteiger partial charge in [-0.2, -0.15) is 0 Å². The average Bonchev–Trinajstić information content (AvgIpc) is 3.45. The third kappa shape index (κ3) is 5.83. The number of rotatable bonds is 6. The number of hydrogen-bond acceptors (Lipinski definition) is 4. The number of ether oxygens (including phenoxy) is 1. The van der Waals surface area contributed by atoms with Crippen LogP contribution >= 0.6 is 0 Å². The summed E-state index contributed by atoms with van der Waals surface area (Å²) in [4.78, 5) is 32.6. The fraction of sp³-hybridized carbons (Fsp3) is 0.850. The zero-order chi connectivity index (χ0) is 19.9. The maximum Gasteiger partial charge on any atom is 0.243 e. The summed E-state index contributed by atoms with van der Waals surface area (Å²) in [5.41, 5.74) is 0. The molecule has 0 aromatic carbocycles. The Labute approximate surface area is 168 Å². The smallest absolute Gasteiger partial charge is 0.243 e. The summed E-state index contributed by atoms with van der Waals surface area (Å²) < 4.78 is 5.44. The van der Waals surface area contributed by atoms with Crippen molar-refractivity contribution in [2.75, 3.05) is 53.5 Å². The SMILES string of the molecule is CN(C)C(=O)CN=C(NCC1CCOC1)NC1CCN(C(=O)C2CCCC2)C1. The highest BCUT2D eigenvalue weighted by atomic mass is 16.5. The molecule has 2 heterocycles.